The van der Waals surface area contributed by atoms with Gasteiger partial charge in [-0.1, -0.05) is 49.4 Å². The number of aryl methyl sites for hydroxylation is 2. The highest BCUT2D eigenvalue weighted by Crippen LogP contribution is 2.28. The normalized spacial score (nSPS) is 12.2. The quantitative estimate of drug-likeness (QED) is 0.301. The molecule has 190 valence electrons. The molecule has 0 spiro atoms. The molecule has 0 amide bonds. The molecule has 38 heavy (non-hydrogen) atoms. The number of rotatable bonds is 7. The third kappa shape index (κ3) is 4.88. The topological polar surface area (TPSA) is 112 Å². The lowest BCUT2D eigenvalue weighted by atomic mass is 10.1. The summed E-state index contributed by atoms with van der Waals surface area (Å²) >= 11 is 0. The number of nitrogens with zero attached hydrogens (tertiary/aromatic N) is 5. The number of aromatic nitrogens is 5. The summed E-state index contributed by atoms with van der Waals surface area (Å²) in [7, 11) is 0. The number of nitrogen functional groups attached to an aromatic ring is 1. The molecule has 0 saturated heterocycles. The fourth-order valence-corrected chi connectivity index (χ4v) is 4.55. The molecular formula is C30H29N7O. The Morgan fingerprint density at radius 2 is 1.79 bits per heavy atom. The Kier molecular flexibility index (Phi) is 6.95. The van der Waals surface area contributed by atoms with E-state index in [4.69, 9.17) is 10.7 Å². The van der Waals surface area contributed by atoms with Crippen molar-refractivity contribution in [2.75, 3.05) is 11.1 Å². The van der Waals surface area contributed by atoms with Gasteiger partial charge in [-0.15, -0.1) is 0 Å². The van der Waals surface area contributed by atoms with Crippen molar-refractivity contribution in [1.29, 1.82) is 0 Å². The lowest BCUT2D eigenvalue weighted by Crippen LogP contribution is -2.29. The van der Waals surface area contributed by atoms with Crippen LogP contribution in [0.2, 0.25) is 0 Å². The van der Waals surface area contributed by atoms with Gasteiger partial charge in [-0.3, -0.25) is 14.3 Å². The first-order valence-electron chi connectivity index (χ1n) is 12.5. The Morgan fingerprint density at radius 1 is 0.974 bits per heavy atom. The van der Waals surface area contributed by atoms with Crippen LogP contribution in [0.3, 0.4) is 0 Å². The summed E-state index contributed by atoms with van der Waals surface area (Å²) in [5, 5.41) is 4.14. The number of fused-ring (bicyclic) bond motifs is 1. The first-order chi connectivity index (χ1) is 18.5. The van der Waals surface area contributed by atoms with Crippen molar-refractivity contribution in [3.05, 3.63) is 112 Å². The molecule has 0 radical (unpaired) electrons. The monoisotopic (exact) mass is 503 g/mol. The highest BCUT2D eigenvalue weighted by Gasteiger charge is 2.22. The van der Waals surface area contributed by atoms with Crippen molar-refractivity contribution >= 4 is 34.8 Å². The van der Waals surface area contributed by atoms with Gasteiger partial charge in [0.15, 0.2) is 0 Å². The first-order valence-corrected chi connectivity index (χ1v) is 12.5. The second-order valence-electron chi connectivity index (χ2n) is 9.07. The van der Waals surface area contributed by atoms with Crippen molar-refractivity contribution < 1.29 is 0 Å². The molecular weight excluding hydrogens is 474 g/mol. The lowest BCUT2D eigenvalue weighted by Gasteiger charge is -2.23. The van der Waals surface area contributed by atoms with Gasteiger partial charge in [0, 0.05) is 18.0 Å². The van der Waals surface area contributed by atoms with E-state index in [1.54, 1.807) is 17.0 Å². The molecule has 0 saturated carbocycles. The van der Waals surface area contributed by atoms with Gasteiger partial charge in [-0.2, -0.15) is 4.98 Å². The van der Waals surface area contributed by atoms with E-state index in [0.29, 0.717) is 29.0 Å². The van der Waals surface area contributed by atoms with Crippen molar-refractivity contribution in [1.82, 2.24) is 24.5 Å². The Balaban J connectivity index is 1.66. The summed E-state index contributed by atoms with van der Waals surface area (Å²) in [4.78, 5) is 32.0. The van der Waals surface area contributed by atoms with Crippen LogP contribution in [-0.2, 0) is 0 Å². The number of benzene rings is 2. The maximum atomic E-state index is 13.9. The van der Waals surface area contributed by atoms with Gasteiger partial charge in [0.05, 0.1) is 28.3 Å². The summed E-state index contributed by atoms with van der Waals surface area (Å²) in [6.07, 6.45) is 8.06. The predicted molar refractivity (Wildman–Crippen MR) is 153 cm³/mol. The molecule has 8 heteroatoms. The smallest absolute Gasteiger partial charge is 0.266 e. The van der Waals surface area contributed by atoms with E-state index in [1.165, 1.54) is 0 Å². The average Bonchev–Trinajstić information content (AvgIpc) is 2.92. The van der Waals surface area contributed by atoms with Crippen molar-refractivity contribution in [3.8, 4) is 5.69 Å². The Morgan fingerprint density at radius 3 is 2.53 bits per heavy atom. The molecule has 3 aromatic heterocycles. The third-order valence-corrected chi connectivity index (χ3v) is 6.46. The van der Waals surface area contributed by atoms with Crippen molar-refractivity contribution in [3.63, 3.8) is 0 Å². The number of hydrogen-bond donors (Lipinski definition) is 2. The maximum absolute atomic E-state index is 13.9. The van der Waals surface area contributed by atoms with Crippen LogP contribution in [0.25, 0.3) is 28.7 Å². The molecule has 3 heterocycles. The minimum atomic E-state index is -0.341. The number of nitrogens with one attached hydrogen (secondary N) is 1. The Bertz CT molecular complexity index is 1680. The van der Waals surface area contributed by atoms with Gasteiger partial charge in [0.25, 0.3) is 5.56 Å². The standard InChI is InChI=1S/C30H29N7O/c1-4-24(34-27-23(20(3)33-30(31)36-27)16-15-21-11-9-17-32-18-21)28-35-25-14-8-10-19(2)26(25)29(38)37(28)22-12-6-5-7-13-22/h5-18,24H,4H2,1-3H3,(H3,31,33,34,36). The van der Waals surface area contributed by atoms with E-state index in [0.717, 1.165) is 28.1 Å². The molecule has 0 aliphatic carbocycles. The SMILES string of the molecule is CCC(Nc1nc(N)nc(C)c1C=Cc1cccnc1)c1nc2cccc(C)c2c(=O)n1-c1ccccc1. The number of pyridine rings is 1. The van der Waals surface area contributed by atoms with Crippen LogP contribution in [0.4, 0.5) is 11.8 Å². The zero-order valence-electron chi connectivity index (χ0n) is 21.6. The molecule has 5 aromatic rings. The van der Waals surface area contributed by atoms with Crippen molar-refractivity contribution in [2.45, 2.75) is 33.2 Å². The van der Waals surface area contributed by atoms with Crippen LogP contribution in [0.1, 0.15) is 47.6 Å². The lowest BCUT2D eigenvalue weighted by molar-refractivity contribution is 0.658. The molecule has 1 atom stereocenters. The number of anilines is 2. The highest BCUT2D eigenvalue weighted by atomic mass is 16.1. The number of nitrogens with two attached hydrogens (primary N) is 1. The summed E-state index contributed by atoms with van der Waals surface area (Å²) in [6.45, 7) is 5.87. The van der Waals surface area contributed by atoms with Crippen LogP contribution in [0.5, 0.6) is 0 Å². The van der Waals surface area contributed by atoms with E-state index in [1.807, 2.05) is 93.6 Å². The average molecular weight is 504 g/mol. The fraction of sp³-hybridized carbons (Fsp3) is 0.167. The largest absolute Gasteiger partial charge is 0.368 e. The van der Waals surface area contributed by atoms with E-state index < -0.39 is 0 Å². The second-order valence-corrected chi connectivity index (χ2v) is 9.07. The van der Waals surface area contributed by atoms with Gasteiger partial charge >= 0.3 is 0 Å². The summed E-state index contributed by atoms with van der Waals surface area (Å²) in [6, 6.07) is 18.8. The van der Waals surface area contributed by atoms with Crippen molar-refractivity contribution in [2.24, 2.45) is 0 Å². The van der Waals surface area contributed by atoms with E-state index in [9.17, 15) is 4.79 Å². The fourth-order valence-electron chi connectivity index (χ4n) is 4.55. The number of para-hydroxylation sites is 1. The molecule has 8 nitrogen and oxygen atoms in total. The molecule has 0 fully saturated rings. The highest BCUT2D eigenvalue weighted by molar-refractivity contribution is 5.82. The predicted octanol–water partition coefficient (Wildman–Crippen LogP) is 5.50. The summed E-state index contributed by atoms with van der Waals surface area (Å²) < 4.78 is 1.69. The second kappa shape index (κ2) is 10.6. The van der Waals surface area contributed by atoms with E-state index >= 15 is 0 Å². The van der Waals surface area contributed by atoms with Gasteiger partial charge < -0.3 is 11.1 Å². The third-order valence-electron chi connectivity index (χ3n) is 6.46. The van der Waals surface area contributed by atoms with Crippen LogP contribution in [0.15, 0.2) is 77.9 Å². The zero-order chi connectivity index (χ0) is 26.6. The van der Waals surface area contributed by atoms with Crippen LogP contribution in [0, 0.1) is 13.8 Å². The van der Waals surface area contributed by atoms with E-state index in [2.05, 4.69) is 20.3 Å². The number of hydrogen-bond acceptors (Lipinski definition) is 7. The zero-order valence-corrected chi connectivity index (χ0v) is 21.6. The molecule has 0 aliphatic rings. The molecule has 3 N–H and O–H groups in total. The van der Waals surface area contributed by atoms with Crippen LogP contribution in [-0.4, -0.2) is 24.5 Å². The van der Waals surface area contributed by atoms with Crippen LogP contribution < -0.4 is 16.6 Å². The van der Waals surface area contributed by atoms with Gasteiger partial charge in [0.1, 0.15) is 11.6 Å². The maximum Gasteiger partial charge on any atom is 0.266 e. The van der Waals surface area contributed by atoms with Gasteiger partial charge in [0.2, 0.25) is 5.95 Å². The minimum absolute atomic E-state index is 0.107. The minimum Gasteiger partial charge on any atom is -0.368 e. The molecule has 5 rings (SSSR count). The van der Waals surface area contributed by atoms with Crippen LogP contribution >= 0.6 is 0 Å². The molecule has 1 unspecified atom stereocenters. The summed E-state index contributed by atoms with van der Waals surface area (Å²) in [5.74, 6) is 1.33. The van der Waals surface area contributed by atoms with Gasteiger partial charge in [-0.05, 0) is 61.7 Å². The summed E-state index contributed by atoms with van der Waals surface area (Å²) in [5.41, 5.74) is 10.7. The molecule has 0 bridgehead atoms. The van der Waals surface area contributed by atoms with Gasteiger partial charge in [-0.25, -0.2) is 9.97 Å². The molecule has 2 aromatic carbocycles. The molecule has 0 aliphatic heterocycles. The Labute approximate surface area is 221 Å². The Hall–Kier alpha value is -4.85. The first kappa shape index (κ1) is 24.8. The van der Waals surface area contributed by atoms with E-state index in [-0.39, 0.29) is 17.5 Å².